The number of nitrogens with zero attached hydrogens (tertiary/aromatic N) is 1. The standard InChI is InChI=1S/C12H26N2O2S/c1-4-11(2)12-10-13-6-8-14(12)7-5-9-17(3,15)16/h11-13H,4-10H2,1-3H3. The quantitative estimate of drug-likeness (QED) is 0.767. The molecule has 0 aromatic rings. The van der Waals surface area contributed by atoms with Gasteiger partial charge in [-0.1, -0.05) is 20.3 Å². The molecule has 102 valence electrons. The third-order valence-electron chi connectivity index (χ3n) is 3.66. The highest BCUT2D eigenvalue weighted by Crippen LogP contribution is 2.16. The van der Waals surface area contributed by atoms with Crippen molar-refractivity contribution in [2.24, 2.45) is 5.92 Å². The predicted molar refractivity (Wildman–Crippen MR) is 72.0 cm³/mol. The van der Waals surface area contributed by atoms with Crippen molar-refractivity contribution < 1.29 is 8.42 Å². The van der Waals surface area contributed by atoms with Crippen molar-refractivity contribution in [1.82, 2.24) is 10.2 Å². The van der Waals surface area contributed by atoms with E-state index in [1.165, 1.54) is 12.7 Å². The zero-order chi connectivity index (χ0) is 12.9. The molecule has 5 heteroatoms. The van der Waals surface area contributed by atoms with E-state index in [1.807, 2.05) is 0 Å². The highest BCUT2D eigenvalue weighted by Gasteiger charge is 2.25. The largest absolute Gasteiger partial charge is 0.314 e. The molecule has 0 aromatic heterocycles. The molecular weight excluding hydrogens is 236 g/mol. The normalized spacial score (nSPS) is 24.8. The Kier molecular flexibility index (Phi) is 5.89. The van der Waals surface area contributed by atoms with Gasteiger partial charge in [0.05, 0.1) is 5.75 Å². The molecule has 1 N–H and O–H groups in total. The monoisotopic (exact) mass is 262 g/mol. The average molecular weight is 262 g/mol. The summed E-state index contributed by atoms with van der Waals surface area (Å²) in [5.74, 6) is 0.977. The number of hydrogen-bond donors (Lipinski definition) is 1. The number of nitrogens with one attached hydrogen (secondary N) is 1. The summed E-state index contributed by atoms with van der Waals surface area (Å²) in [4.78, 5) is 2.45. The summed E-state index contributed by atoms with van der Waals surface area (Å²) in [5, 5.41) is 3.43. The summed E-state index contributed by atoms with van der Waals surface area (Å²) in [7, 11) is -2.81. The molecule has 0 radical (unpaired) electrons. The molecule has 1 heterocycles. The van der Waals surface area contributed by atoms with Crippen LogP contribution in [0, 0.1) is 5.92 Å². The minimum Gasteiger partial charge on any atom is -0.314 e. The lowest BCUT2D eigenvalue weighted by Gasteiger charge is -2.39. The summed E-state index contributed by atoms with van der Waals surface area (Å²) in [5.41, 5.74) is 0. The first-order chi connectivity index (χ1) is 7.94. The van der Waals surface area contributed by atoms with E-state index in [4.69, 9.17) is 0 Å². The molecule has 17 heavy (non-hydrogen) atoms. The number of hydrogen-bond acceptors (Lipinski definition) is 4. The fraction of sp³-hybridized carbons (Fsp3) is 1.00. The molecule has 1 fully saturated rings. The van der Waals surface area contributed by atoms with E-state index in [0.717, 1.165) is 32.6 Å². The molecule has 1 aliphatic heterocycles. The van der Waals surface area contributed by atoms with Gasteiger partial charge in [-0.3, -0.25) is 4.90 Å². The van der Waals surface area contributed by atoms with E-state index in [0.29, 0.717) is 17.7 Å². The van der Waals surface area contributed by atoms with E-state index < -0.39 is 9.84 Å². The first kappa shape index (κ1) is 14.9. The second-order valence-electron chi connectivity index (χ2n) is 5.18. The summed E-state index contributed by atoms with van der Waals surface area (Å²) in [6, 6.07) is 0.563. The van der Waals surface area contributed by atoms with Crippen LogP contribution in [0.1, 0.15) is 26.7 Å². The van der Waals surface area contributed by atoms with Gasteiger partial charge in [0, 0.05) is 31.9 Å². The van der Waals surface area contributed by atoms with Crippen LogP contribution in [0.25, 0.3) is 0 Å². The van der Waals surface area contributed by atoms with E-state index in [9.17, 15) is 8.42 Å². The van der Waals surface area contributed by atoms with E-state index in [-0.39, 0.29) is 0 Å². The highest BCUT2D eigenvalue weighted by molar-refractivity contribution is 7.90. The Morgan fingerprint density at radius 2 is 2.18 bits per heavy atom. The zero-order valence-electron chi connectivity index (χ0n) is 11.3. The van der Waals surface area contributed by atoms with E-state index in [1.54, 1.807) is 0 Å². The Hall–Kier alpha value is -0.130. The van der Waals surface area contributed by atoms with Crippen LogP contribution in [0.3, 0.4) is 0 Å². The second kappa shape index (κ2) is 6.71. The first-order valence-corrected chi connectivity index (χ1v) is 8.62. The Morgan fingerprint density at radius 3 is 2.76 bits per heavy atom. The third-order valence-corrected chi connectivity index (χ3v) is 4.69. The lowest BCUT2D eigenvalue weighted by Crippen LogP contribution is -2.54. The molecule has 2 atom stereocenters. The van der Waals surface area contributed by atoms with Crippen molar-refractivity contribution in [2.75, 3.05) is 38.2 Å². The minimum absolute atomic E-state index is 0.310. The molecule has 2 unspecified atom stereocenters. The topological polar surface area (TPSA) is 49.4 Å². The van der Waals surface area contributed by atoms with Crippen LogP contribution in [0.5, 0.6) is 0 Å². The van der Waals surface area contributed by atoms with Gasteiger partial charge in [-0.05, 0) is 18.9 Å². The number of piperazine rings is 1. The van der Waals surface area contributed by atoms with Gasteiger partial charge in [0.25, 0.3) is 0 Å². The predicted octanol–water partition coefficient (Wildman–Crippen LogP) is 0.741. The minimum atomic E-state index is -2.81. The van der Waals surface area contributed by atoms with Crippen LogP contribution >= 0.6 is 0 Å². The van der Waals surface area contributed by atoms with Crippen molar-refractivity contribution in [3.05, 3.63) is 0 Å². The number of sulfone groups is 1. The lowest BCUT2D eigenvalue weighted by molar-refractivity contribution is 0.117. The van der Waals surface area contributed by atoms with E-state index in [2.05, 4.69) is 24.1 Å². The maximum Gasteiger partial charge on any atom is 0.147 e. The zero-order valence-corrected chi connectivity index (χ0v) is 12.1. The van der Waals surface area contributed by atoms with Crippen LogP contribution in [-0.2, 0) is 9.84 Å². The van der Waals surface area contributed by atoms with Crippen LogP contribution in [0.15, 0.2) is 0 Å². The number of rotatable bonds is 6. The summed E-state index contributed by atoms with van der Waals surface area (Å²) in [6.07, 6.45) is 3.25. The van der Waals surface area contributed by atoms with Crippen molar-refractivity contribution in [3.63, 3.8) is 0 Å². The molecule has 0 saturated carbocycles. The molecule has 1 rings (SSSR count). The lowest BCUT2D eigenvalue weighted by atomic mass is 9.96. The van der Waals surface area contributed by atoms with Crippen LogP contribution in [-0.4, -0.2) is 57.5 Å². The van der Waals surface area contributed by atoms with Gasteiger partial charge < -0.3 is 5.32 Å². The second-order valence-corrected chi connectivity index (χ2v) is 7.44. The Bertz CT molecular complexity index is 316. The average Bonchev–Trinajstić information content (AvgIpc) is 2.27. The van der Waals surface area contributed by atoms with Crippen LogP contribution < -0.4 is 5.32 Å². The van der Waals surface area contributed by atoms with Gasteiger partial charge in [0.2, 0.25) is 0 Å². The summed E-state index contributed by atoms with van der Waals surface area (Å²) >= 11 is 0. The van der Waals surface area contributed by atoms with Gasteiger partial charge in [-0.25, -0.2) is 8.42 Å². The molecule has 0 spiro atoms. The van der Waals surface area contributed by atoms with Gasteiger partial charge in [-0.15, -0.1) is 0 Å². The Labute approximate surface area is 106 Å². The van der Waals surface area contributed by atoms with Crippen LogP contribution in [0.2, 0.25) is 0 Å². The summed E-state index contributed by atoms with van der Waals surface area (Å²) < 4.78 is 22.2. The molecule has 0 amide bonds. The fourth-order valence-electron chi connectivity index (χ4n) is 2.41. The van der Waals surface area contributed by atoms with Crippen LogP contribution in [0.4, 0.5) is 0 Å². The maximum atomic E-state index is 11.1. The molecular formula is C12H26N2O2S. The Morgan fingerprint density at radius 1 is 1.47 bits per heavy atom. The maximum absolute atomic E-state index is 11.1. The Balaban J connectivity index is 2.43. The molecule has 4 nitrogen and oxygen atoms in total. The highest BCUT2D eigenvalue weighted by atomic mass is 32.2. The van der Waals surface area contributed by atoms with Gasteiger partial charge in [-0.2, -0.15) is 0 Å². The van der Waals surface area contributed by atoms with Gasteiger partial charge >= 0.3 is 0 Å². The van der Waals surface area contributed by atoms with E-state index >= 15 is 0 Å². The molecule has 0 bridgehead atoms. The third kappa shape index (κ3) is 5.36. The van der Waals surface area contributed by atoms with Gasteiger partial charge in [0.15, 0.2) is 0 Å². The molecule has 1 saturated heterocycles. The molecule has 1 aliphatic rings. The van der Waals surface area contributed by atoms with Gasteiger partial charge in [0.1, 0.15) is 9.84 Å². The molecule has 0 aliphatic carbocycles. The van der Waals surface area contributed by atoms with Crippen molar-refractivity contribution in [2.45, 2.75) is 32.7 Å². The smallest absolute Gasteiger partial charge is 0.147 e. The molecule has 0 aromatic carbocycles. The SMILES string of the molecule is CCC(C)C1CNCCN1CCCS(C)(=O)=O. The van der Waals surface area contributed by atoms with Crippen molar-refractivity contribution in [1.29, 1.82) is 0 Å². The van der Waals surface area contributed by atoms with Crippen molar-refractivity contribution in [3.8, 4) is 0 Å². The fourth-order valence-corrected chi connectivity index (χ4v) is 3.06. The summed E-state index contributed by atoms with van der Waals surface area (Å²) in [6.45, 7) is 8.50. The first-order valence-electron chi connectivity index (χ1n) is 6.56. The van der Waals surface area contributed by atoms with Crippen molar-refractivity contribution >= 4 is 9.84 Å².